The van der Waals surface area contributed by atoms with Gasteiger partial charge >= 0.3 is 5.97 Å². The van der Waals surface area contributed by atoms with Crippen LogP contribution in [-0.4, -0.2) is 35.4 Å². The van der Waals surface area contributed by atoms with Gasteiger partial charge in [0.1, 0.15) is 6.29 Å². The number of aldehydes is 1. The summed E-state index contributed by atoms with van der Waals surface area (Å²) in [4.78, 5) is 31.6. The Morgan fingerprint density at radius 3 is 2.50 bits per heavy atom. The van der Waals surface area contributed by atoms with Crippen LogP contribution in [0.2, 0.25) is 0 Å². The maximum Gasteiger partial charge on any atom is 0.303 e. The van der Waals surface area contributed by atoms with Gasteiger partial charge in [-0.05, 0) is 13.3 Å². The van der Waals surface area contributed by atoms with Crippen molar-refractivity contribution in [2.45, 2.75) is 31.8 Å². The number of carbonyl (C=O) groups is 3. The fourth-order valence-corrected chi connectivity index (χ4v) is 0.767. The quantitative estimate of drug-likeness (QED) is 0.473. The summed E-state index contributed by atoms with van der Waals surface area (Å²) in [5.74, 6) is -1.47. The molecule has 14 heavy (non-hydrogen) atoms. The van der Waals surface area contributed by atoms with Gasteiger partial charge in [0.15, 0.2) is 0 Å². The van der Waals surface area contributed by atoms with Crippen LogP contribution < -0.4 is 11.1 Å². The van der Waals surface area contributed by atoms with Gasteiger partial charge in [0.25, 0.3) is 0 Å². The first-order valence-electron chi connectivity index (χ1n) is 4.20. The van der Waals surface area contributed by atoms with E-state index < -0.39 is 24.0 Å². The Bertz CT molecular complexity index is 227. The number of carboxylic acids is 1. The molecule has 0 unspecified atom stereocenters. The van der Waals surface area contributed by atoms with Crippen molar-refractivity contribution in [3.05, 3.63) is 0 Å². The highest BCUT2D eigenvalue weighted by atomic mass is 16.4. The van der Waals surface area contributed by atoms with Crippen LogP contribution in [0.4, 0.5) is 0 Å². The first kappa shape index (κ1) is 12.6. The van der Waals surface area contributed by atoms with Crippen LogP contribution in [-0.2, 0) is 14.4 Å². The van der Waals surface area contributed by atoms with E-state index in [1.54, 1.807) is 0 Å². The highest BCUT2D eigenvalue weighted by molar-refractivity contribution is 5.83. The Labute approximate surface area is 81.5 Å². The van der Waals surface area contributed by atoms with E-state index in [0.29, 0.717) is 6.29 Å². The van der Waals surface area contributed by atoms with Crippen LogP contribution >= 0.6 is 0 Å². The normalized spacial score (nSPS) is 14.1. The first-order chi connectivity index (χ1) is 6.47. The van der Waals surface area contributed by atoms with Crippen LogP contribution in [0, 0.1) is 0 Å². The second kappa shape index (κ2) is 6.09. The minimum atomic E-state index is -1.01. The van der Waals surface area contributed by atoms with E-state index in [0.717, 1.165) is 0 Å². The first-order valence-corrected chi connectivity index (χ1v) is 4.20. The summed E-state index contributed by atoms with van der Waals surface area (Å²) < 4.78 is 0. The molecule has 0 spiro atoms. The molecule has 1 amide bonds. The molecule has 6 heteroatoms. The Kier molecular flexibility index (Phi) is 5.47. The van der Waals surface area contributed by atoms with Crippen molar-refractivity contribution in [1.29, 1.82) is 0 Å². The topological polar surface area (TPSA) is 109 Å². The summed E-state index contributed by atoms with van der Waals surface area (Å²) in [7, 11) is 0. The molecule has 0 saturated carbocycles. The van der Waals surface area contributed by atoms with Gasteiger partial charge < -0.3 is 21.0 Å². The lowest BCUT2D eigenvalue weighted by Crippen LogP contribution is -2.44. The van der Waals surface area contributed by atoms with E-state index in [1.165, 1.54) is 6.92 Å². The lowest BCUT2D eigenvalue weighted by atomic mass is 10.1. The molecule has 4 N–H and O–H groups in total. The van der Waals surface area contributed by atoms with E-state index in [9.17, 15) is 14.4 Å². The maximum absolute atomic E-state index is 11.0. The molecule has 0 radical (unpaired) electrons. The molecular formula is C8H14N2O4. The van der Waals surface area contributed by atoms with Crippen LogP contribution in [0.5, 0.6) is 0 Å². The number of carboxylic acid groups (broad SMARTS) is 1. The molecule has 0 bridgehead atoms. The van der Waals surface area contributed by atoms with Gasteiger partial charge in [-0.3, -0.25) is 9.59 Å². The van der Waals surface area contributed by atoms with Gasteiger partial charge in [0.2, 0.25) is 5.91 Å². The third-order valence-electron chi connectivity index (χ3n) is 1.57. The average Bonchev–Trinajstić information content (AvgIpc) is 2.11. The summed E-state index contributed by atoms with van der Waals surface area (Å²) in [5, 5.41) is 10.7. The Balaban J connectivity index is 3.96. The Morgan fingerprint density at radius 2 is 2.14 bits per heavy atom. The molecule has 80 valence electrons. The number of carbonyl (C=O) groups excluding carboxylic acids is 2. The Morgan fingerprint density at radius 1 is 1.57 bits per heavy atom. The van der Waals surface area contributed by atoms with Crippen LogP contribution in [0.15, 0.2) is 0 Å². The van der Waals surface area contributed by atoms with Crippen molar-refractivity contribution >= 4 is 18.2 Å². The Hall–Kier alpha value is -1.43. The summed E-state index contributed by atoms with van der Waals surface area (Å²) in [6.45, 7) is 1.48. The van der Waals surface area contributed by atoms with Crippen LogP contribution in [0.1, 0.15) is 19.8 Å². The van der Waals surface area contributed by atoms with E-state index in [1.807, 2.05) is 0 Å². The molecule has 2 atom stereocenters. The molecule has 0 aliphatic heterocycles. The largest absolute Gasteiger partial charge is 0.481 e. The SMILES string of the molecule is C[C@H](N)C(=O)N[C@H](C=O)CCC(=O)O. The molecule has 6 nitrogen and oxygen atoms in total. The van der Waals surface area contributed by atoms with Gasteiger partial charge in [-0.1, -0.05) is 0 Å². The highest BCUT2D eigenvalue weighted by Gasteiger charge is 2.14. The number of aliphatic carboxylic acids is 1. The van der Waals surface area contributed by atoms with Crippen LogP contribution in [0.25, 0.3) is 0 Å². The summed E-state index contributed by atoms with van der Waals surface area (Å²) in [5.41, 5.74) is 5.25. The number of nitrogens with two attached hydrogens (primary N) is 1. The third-order valence-corrected chi connectivity index (χ3v) is 1.57. The summed E-state index contributed by atoms with van der Waals surface area (Å²) >= 11 is 0. The van der Waals surface area contributed by atoms with Crippen molar-refractivity contribution < 1.29 is 19.5 Å². The van der Waals surface area contributed by atoms with E-state index in [4.69, 9.17) is 10.8 Å². The molecule has 0 aromatic heterocycles. The van der Waals surface area contributed by atoms with E-state index in [2.05, 4.69) is 5.32 Å². The zero-order chi connectivity index (χ0) is 11.1. The van der Waals surface area contributed by atoms with Crippen molar-refractivity contribution in [1.82, 2.24) is 5.32 Å². The predicted molar refractivity (Wildman–Crippen MR) is 48.5 cm³/mol. The van der Waals surface area contributed by atoms with E-state index in [-0.39, 0.29) is 12.8 Å². The third kappa shape index (κ3) is 5.26. The minimum Gasteiger partial charge on any atom is -0.481 e. The number of nitrogens with one attached hydrogen (secondary N) is 1. The zero-order valence-electron chi connectivity index (χ0n) is 7.90. The zero-order valence-corrected chi connectivity index (χ0v) is 7.90. The number of amides is 1. The van der Waals surface area contributed by atoms with Crippen molar-refractivity contribution in [3.63, 3.8) is 0 Å². The fourth-order valence-electron chi connectivity index (χ4n) is 0.767. The monoisotopic (exact) mass is 202 g/mol. The number of hydrogen-bond acceptors (Lipinski definition) is 4. The van der Waals surface area contributed by atoms with Gasteiger partial charge in [0, 0.05) is 6.42 Å². The molecule has 0 aromatic carbocycles. The molecule has 0 aliphatic carbocycles. The molecule has 0 fully saturated rings. The van der Waals surface area contributed by atoms with Crippen molar-refractivity contribution in [3.8, 4) is 0 Å². The molecule has 0 aromatic rings. The molecule has 0 aliphatic rings. The highest BCUT2D eigenvalue weighted by Crippen LogP contribution is 1.95. The van der Waals surface area contributed by atoms with Crippen molar-refractivity contribution in [2.75, 3.05) is 0 Å². The second-order valence-electron chi connectivity index (χ2n) is 2.97. The summed E-state index contributed by atoms with van der Waals surface area (Å²) in [6.07, 6.45) is 0.420. The minimum absolute atomic E-state index is 0.0806. The molecule has 0 heterocycles. The van der Waals surface area contributed by atoms with Crippen molar-refractivity contribution in [2.24, 2.45) is 5.73 Å². The van der Waals surface area contributed by atoms with Gasteiger partial charge in [-0.25, -0.2) is 0 Å². The molecule has 0 saturated heterocycles. The number of hydrogen-bond donors (Lipinski definition) is 3. The standard InChI is InChI=1S/C8H14N2O4/c1-5(9)8(14)10-6(4-11)2-3-7(12)13/h4-6H,2-3,9H2,1H3,(H,10,14)(H,12,13)/t5-,6-/m0/s1. The van der Waals surface area contributed by atoms with Gasteiger partial charge in [0.05, 0.1) is 12.1 Å². The fraction of sp³-hybridized carbons (Fsp3) is 0.625. The van der Waals surface area contributed by atoms with E-state index >= 15 is 0 Å². The lowest BCUT2D eigenvalue weighted by Gasteiger charge is -2.13. The number of rotatable bonds is 6. The second-order valence-corrected chi connectivity index (χ2v) is 2.97. The molecule has 0 rings (SSSR count). The van der Waals surface area contributed by atoms with Gasteiger partial charge in [-0.15, -0.1) is 0 Å². The maximum atomic E-state index is 11.0. The predicted octanol–water partition coefficient (Wildman–Crippen LogP) is -1.12. The smallest absolute Gasteiger partial charge is 0.303 e. The molecular weight excluding hydrogens is 188 g/mol. The summed E-state index contributed by atoms with van der Waals surface area (Å²) in [6, 6.07) is -1.48. The lowest BCUT2D eigenvalue weighted by molar-refractivity contribution is -0.137. The average molecular weight is 202 g/mol. The van der Waals surface area contributed by atoms with Gasteiger partial charge in [-0.2, -0.15) is 0 Å². The van der Waals surface area contributed by atoms with Crippen LogP contribution in [0.3, 0.4) is 0 Å².